The van der Waals surface area contributed by atoms with Crippen LogP contribution in [0.15, 0.2) is 29.4 Å². The van der Waals surface area contributed by atoms with E-state index < -0.39 is 11.0 Å². The highest BCUT2D eigenvalue weighted by molar-refractivity contribution is 7.83. The van der Waals surface area contributed by atoms with Crippen LogP contribution in [0.25, 0.3) is 0 Å². The van der Waals surface area contributed by atoms with Crippen molar-refractivity contribution in [2.24, 2.45) is 5.92 Å². The van der Waals surface area contributed by atoms with Crippen molar-refractivity contribution >= 4 is 39.7 Å². The second-order valence-electron chi connectivity index (χ2n) is 7.00. The van der Waals surface area contributed by atoms with E-state index in [9.17, 15) is 9.32 Å². The molecule has 1 saturated heterocycles. The summed E-state index contributed by atoms with van der Waals surface area (Å²) in [7, 11) is 0.299. The predicted octanol–water partition coefficient (Wildman–Crippen LogP) is 1.64. The van der Waals surface area contributed by atoms with Gasteiger partial charge in [-0.2, -0.15) is 0 Å². The minimum Gasteiger partial charge on any atom is -0.396 e. The Balaban J connectivity index is 2.00. The lowest BCUT2D eigenvalue weighted by molar-refractivity contribution is 0.203. The summed E-state index contributed by atoms with van der Waals surface area (Å²) in [5.74, 6) is 0.992. The summed E-state index contributed by atoms with van der Waals surface area (Å²) in [6.45, 7) is 3.47. The molecule has 1 aromatic heterocycles. The molecule has 1 aliphatic rings. The summed E-state index contributed by atoms with van der Waals surface area (Å²) >= 11 is 0. The van der Waals surface area contributed by atoms with Crippen molar-refractivity contribution in [3.05, 3.63) is 30.1 Å². The van der Waals surface area contributed by atoms with Gasteiger partial charge in [0.15, 0.2) is 0 Å². The fraction of sp³-hybridized carbons (Fsp3) is 0.421. The van der Waals surface area contributed by atoms with Crippen LogP contribution in [-0.4, -0.2) is 51.7 Å². The lowest BCUT2D eigenvalue weighted by Crippen LogP contribution is -2.35. The zero-order chi connectivity index (χ0) is 21.0. The molecule has 0 bridgehead atoms. The monoisotopic (exact) mass is 417 g/mol. The third-order valence-electron chi connectivity index (χ3n) is 5.09. The Labute approximate surface area is 172 Å². The number of anilines is 4. The molecular formula is C19H27N7O2S. The number of nitrogens with zero attached hydrogens (tertiary/aromatic N) is 3. The van der Waals surface area contributed by atoms with Gasteiger partial charge in [0.1, 0.15) is 28.9 Å². The topological polar surface area (TPSA) is 140 Å². The minimum absolute atomic E-state index is 0.210. The maximum atomic E-state index is 12.3. The van der Waals surface area contributed by atoms with Crippen molar-refractivity contribution in [3.63, 3.8) is 0 Å². The Morgan fingerprint density at radius 1 is 1.38 bits per heavy atom. The maximum Gasteiger partial charge on any atom is 0.145 e. The molecule has 0 amide bonds. The van der Waals surface area contributed by atoms with Crippen molar-refractivity contribution in [2.75, 3.05) is 42.7 Å². The largest absolute Gasteiger partial charge is 0.396 e. The van der Waals surface area contributed by atoms with Gasteiger partial charge in [0.05, 0.1) is 21.8 Å². The van der Waals surface area contributed by atoms with Gasteiger partial charge in [-0.1, -0.05) is 0 Å². The first kappa shape index (κ1) is 21.2. The molecule has 0 spiro atoms. The predicted molar refractivity (Wildman–Crippen MR) is 116 cm³/mol. The number of aliphatic hydroxyl groups excluding tert-OH is 1. The number of piperidine rings is 1. The number of nitrogens with one attached hydrogen (secondary N) is 3. The normalized spacial score (nSPS) is 15.9. The first-order valence-electron chi connectivity index (χ1n) is 9.46. The van der Waals surface area contributed by atoms with Crippen LogP contribution >= 0.6 is 0 Å². The van der Waals surface area contributed by atoms with Gasteiger partial charge in [0.2, 0.25) is 0 Å². The molecule has 1 aromatic carbocycles. The van der Waals surface area contributed by atoms with Crippen LogP contribution in [0.3, 0.4) is 0 Å². The molecule has 1 aliphatic heterocycles. The lowest BCUT2D eigenvalue weighted by Gasteiger charge is -2.34. The zero-order valence-corrected chi connectivity index (χ0v) is 17.4. The molecule has 9 nitrogen and oxygen atoms in total. The van der Waals surface area contributed by atoms with Crippen molar-refractivity contribution in [1.82, 2.24) is 14.7 Å². The molecule has 2 aromatic rings. The quantitative estimate of drug-likeness (QED) is 0.431. The van der Waals surface area contributed by atoms with Gasteiger partial charge in [0, 0.05) is 25.4 Å². The van der Waals surface area contributed by atoms with E-state index in [2.05, 4.69) is 24.9 Å². The SMILES string of the molecule is CNS(=O)c1ccc(N2CCC(CO)CC2)c(Nc2ncnc(N)c2C(C)=N)c1. The molecule has 3 rings (SSSR count). The first-order chi connectivity index (χ1) is 13.9. The van der Waals surface area contributed by atoms with E-state index in [0.717, 1.165) is 37.3 Å². The van der Waals surface area contributed by atoms with E-state index in [4.69, 9.17) is 11.1 Å². The molecule has 10 heteroatoms. The average molecular weight is 418 g/mol. The third-order valence-corrected chi connectivity index (χ3v) is 6.14. The number of rotatable bonds is 7. The van der Waals surface area contributed by atoms with E-state index >= 15 is 0 Å². The van der Waals surface area contributed by atoms with E-state index in [1.165, 1.54) is 6.33 Å². The van der Waals surface area contributed by atoms with E-state index in [0.29, 0.717) is 22.2 Å². The summed E-state index contributed by atoms with van der Waals surface area (Å²) in [6, 6.07) is 5.59. The van der Waals surface area contributed by atoms with Gasteiger partial charge in [-0.3, -0.25) is 0 Å². The van der Waals surface area contributed by atoms with Gasteiger partial charge in [-0.25, -0.2) is 18.9 Å². The van der Waals surface area contributed by atoms with Gasteiger partial charge < -0.3 is 26.5 Å². The van der Waals surface area contributed by atoms with Gasteiger partial charge in [-0.05, 0) is 50.9 Å². The van der Waals surface area contributed by atoms with Crippen molar-refractivity contribution in [1.29, 1.82) is 5.41 Å². The number of hydrogen-bond donors (Lipinski definition) is 5. The number of benzene rings is 1. The number of aliphatic hydroxyl groups is 1. The van der Waals surface area contributed by atoms with Crippen LogP contribution in [0, 0.1) is 11.3 Å². The standard InChI is InChI=1S/C19H27N7O2S/c1-12(20)17-18(21)23-11-24-19(17)25-15-9-14(29(28)22-2)3-4-16(15)26-7-5-13(10-27)6-8-26/h3-4,9,11,13,20,22,27H,5-8,10H2,1-2H3,(H3,21,23,24,25). The Bertz CT molecular complexity index is 913. The summed E-state index contributed by atoms with van der Waals surface area (Å²) in [4.78, 5) is 11.1. The molecule has 156 valence electrons. The summed E-state index contributed by atoms with van der Waals surface area (Å²) < 4.78 is 15.0. The summed E-state index contributed by atoms with van der Waals surface area (Å²) in [5.41, 5.74) is 8.34. The maximum absolute atomic E-state index is 12.3. The van der Waals surface area contributed by atoms with E-state index in [-0.39, 0.29) is 18.1 Å². The van der Waals surface area contributed by atoms with E-state index in [1.54, 1.807) is 14.0 Å². The number of nitrogen functional groups attached to an aromatic ring is 1. The fourth-order valence-electron chi connectivity index (χ4n) is 3.47. The first-order valence-corrected chi connectivity index (χ1v) is 10.6. The highest BCUT2D eigenvalue weighted by Crippen LogP contribution is 2.34. The lowest BCUT2D eigenvalue weighted by atomic mass is 9.97. The number of hydrogen-bond acceptors (Lipinski definition) is 8. The molecule has 0 aliphatic carbocycles. The Morgan fingerprint density at radius 2 is 2.10 bits per heavy atom. The van der Waals surface area contributed by atoms with Crippen LogP contribution in [0.2, 0.25) is 0 Å². The highest BCUT2D eigenvalue weighted by Gasteiger charge is 2.22. The molecular weight excluding hydrogens is 390 g/mol. The van der Waals surface area contributed by atoms with Gasteiger partial charge in [0.25, 0.3) is 0 Å². The zero-order valence-electron chi connectivity index (χ0n) is 16.6. The van der Waals surface area contributed by atoms with Crippen molar-refractivity contribution < 1.29 is 9.32 Å². The molecule has 0 radical (unpaired) electrons. The van der Waals surface area contributed by atoms with Crippen LogP contribution in [0.5, 0.6) is 0 Å². The minimum atomic E-state index is -1.34. The molecule has 1 atom stereocenters. The van der Waals surface area contributed by atoms with Gasteiger partial charge in [-0.15, -0.1) is 0 Å². The Morgan fingerprint density at radius 3 is 2.72 bits per heavy atom. The van der Waals surface area contributed by atoms with Crippen LogP contribution < -0.4 is 20.7 Å². The molecule has 29 heavy (non-hydrogen) atoms. The third kappa shape index (κ3) is 4.72. The molecule has 1 fully saturated rings. The highest BCUT2D eigenvalue weighted by atomic mass is 32.2. The van der Waals surface area contributed by atoms with Crippen molar-refractivity contribution in [2.45, 2.75) is 24.7 Å². The second-order valence-corrected chi connectivity index (χ2v) is 8.41. The number of nitrogens with two attached hydrogens (primary N) is 1. The average Bonchev–Trinajstić information content (AvgIpc) is 2.73. The second kappa shape index (κ2) is 9.29. The Hall–Kier alpha value is -2.56. The molecule has 1 unspecified atom stereocenters. The van der Waals surface area contributed by atoms with Crippen molar-refractivity contribution in [3.8, 4) is 0 Å². The number of aromatic nitrogens is 2. The van der Waals surface area contributed by atoms with E-state index in [1.807, 2.05) is 18.2 Å². The van der Waals surface area contributed by atoms with Gasteiger partial charge >= 0.3 is 0 Å². The van der Waals surface area contributed by atoms with Crippen LogP contribution in [0.4, 0.5) is 23.0 Å². The van der Waals surface area contributed by atoms with Crippen LogP contribution in [0.1, 0.15) is 25.3 Å². The molecule has 2 heterocycles. The fourth-order valence-corrected chi connectivity index (χ4v) is 4.12. The Kier molecular flexibility index (Phi) is 6.78. The van der Waals surface area contributed by atoms with Crippen LogP contribution in [-0.2, 0) is 11.0 Å². The molecule has 6 N–H and O–H groups in total. The molecule has 0 saturated carbocycles. The summed E-state index contributed by atoms with van der Waals surface area (Å²) in [6.07, 6.45) is 3.17. The summed E-state index contributed by atoms with van der Waals surface area (Å²) in [5, 5.41) is 20.7. The smallest absolute Gasteiger partial charge is 0.145 e.